The van der Waals surface area contributed by atoms with Gasteiger partial charge >= 0.3 is 11.9 Å². The molecule has 1 aromatic carbocycles. The summed E-state index contributed by atoms with van der Waals surface area (Å²) in [4.78, 5) is 51.7. The van der Waals surface area contributed by atoms with E-state index >= 15 is 0 Å². The first kappa shape index (κ1) is 68.5. The minimum atomic E-state index is -1.28. The SMILES string of the molecule is CCCCCCCCCCCCCCCCCCOc1cc(COC(=O)CNC(=O)[C@H](CCC(=O)OC(C)(C)C)NC(=O)C(C)(C)N)cc(OCCCCCCCCCCCCCCCCCC)c1OCCCC. The molecule has 0 aliphatic heterocycles. The molecule has 0 bridgehead atoms. The van der Waals surface area contributed by atoms with Gasteiger partial charge in [0.25, 0.3) is 0 Å². The molecule has 430 valence electrons. The molecule has 12 heteroatoms. The highest BCUT2D eigenvalue weighted by atomic mass is 16.6. The Morgan fingerprint density at radius 1 is 0.500 bits per heavy atom. The molecule has 1 aromatic rings. The van der Waals surface area contributed by atoms with Gasteiger partial charge in [-0.05, 0) is 78.0 Å². The number of esters is 2. The average Bonchev–Trinajstić information content (AvgIpc) is 3.35. The van der Waals surface area contributed by atoms with Crippen LogP contribution in [0.3, 0.4) is 0 Å². The largest absolute Gasteiger partial charge is 0.490 e. The van der Waals surface area contributed by atoms with Crippen LogP contribution >= 0.6 is 0 Å². The maximum Gasteiger partial charge on any atom is 0.325 e. The van der Waals surface area contributed by atoms with E-state index in [1.165, 1.54) is 194 Å². The maximum atomic E-state index is 13.3. The summed E-state index contributed by atoms with van der Waals surface area (Å²) in [7, 11) is 0. The first-order valence-electron chi connectivity index (χ1n) is 30.4. The number of hydrogen-bond acceptors (Lipinski definition) is 10. The van der Waals surface area contributed by atoms with Crippen molar-refractivity contribution in [3.8, 4) is 17.2 Å². The summed E-state index contributed by atoms with van der Waals surface area (Å²) in [6, 6.07) is 2.59. The number of amides is 2. The molecule has 1 atom stereocenters. The summed E-state index contributed by atoms with van der Waals surface area (Å²) < 4.78 is 30.4. The summed E-state index contributed by atoms with van der Waals surface area (Å²) in [6.45, 7) is 16.0. The number of unbranched alkanes of at least 4 members (excludes halogenated alkanes) is 31. The van der Waals surface area contributed by atoms with E-state index in [0.717, 1.165) is 38.5 Å². The summed E-state index contributed by atoms with van der Waals surface area (Å²) in [5.74, 6) is -0.703. The third kappa shape index (κ3) is 38.9. The zero-order valence-corrected chi connectivity index (χ0v) is 49.0. The molecule has 0 saturated heterocycles. The van der Waals surface area contributed by atoms with Crippen LogP contribution in [0, 0.1) is 0 Å². The lowest BCUT2D eigenvalue weighted by atomic mass is 10.0. The molecule has 0 fully saturated rings. The second-order valence-electron chi connectivity index (χ2n) is 22.7. The van der Waals surface area contributed by atoms with Crippen LogP contribution in [0.2, 0.25) is 0 Å². The number of ether oxygens (including phenoxy) is 5. The second-order valence-corrected chi connectivity index (χ2v) is 22.7. The number of carbonyl (C=O) groups excluding carboxylic acids is 4. The molecule has 0 spiro atoms. The quantitative estimate of drug-likeness (QED) is 0.0423. The zero-order valence-electron chi connectivity index (χ0n) is 49.0. The predicted molar refractivity (Wildman–Crippen MR) is 305 cm³/mol. The highest BCUT2D eigenvalue weighted by Crippen LogP contribution is 2.40. The van der Waals surface area contributed by atoms with Crippen molar-refractivity contribution in [3.05, 3.63) is 17.7 Å². The molecule has 0 aliphatic carbocycles. The van der Waals surface area contributed by atoms with E-state index in [1.54, 1.807) is 20.8 Å². The lowest BCUT2D eigenvalue weighted by Crippen LogP contribution is -2.56. The van der Waals surface area contributed by atoms with Gasteiger partial charge in [-0.25, -0.2) is 0 Å². The van der Waals surface area contributed by atoms with Crippen LogP contribution in [0.15, 0.2) is 12.1 Å². The molecule has 0 aliphatic rings. The maximum absolute atomic E-state index is 13.3. The van der Waals surface area contributed by atoms with Gasteiger partial charge in [0.1, 0.15) is 24.8 Å². The second kappa shape index (κ2) is 44.6. The molecule has 0 saturated carbocycles. The smallest absolute Gasteiger partial charge is 0.325 e. The fourth-order valence-corrected chi connectivity index (χ4v) is 8.82. The molecule has 74 heavy (non-hydrogen) atoms. The molecule has 0 radical (unpaired) electrons. The van der Waals surface area contributed by atoms with E-state index in [-0.39, 0.29) is 19.4 Å². The van der Waals surface area contributed by atoms with Gasteiger partial charge in [0, 0.05) is 6.42 Å². The minimum absolute atomic E-state index is 0.0469. The predicted octanol–water partition coefficient (Wildman–Crippen LogP) is 15.6. The van der Waals surface area contributed by atoms with Crippen LogP contribution in [0.4, 0.5) is 0 Å². The Hall–Kier alpha value is -3.54. The molecule has 4 N–H and O–H groups in total. The van der Waals surface area contributed by atoms with E-state index in [1.807, 2.05) is 12.1 Å². The van der Waals surface area contributed by atoms with Crippen LogP contribution in [0.5, 0.6) is 17.2 Å². The van der Waals surface area contributed by atoms with Crippen molar-refractivity contribution in [2.75, 3.05) is 26.4 Å². The van der Waals surface area contributed by atoms with Crippen LogP contribution in [-0.4, -0.2) is 67.3 Å². The summed E-state index contributed by atoms with van der Waals surface area (Å²) >= 11 is 0. The van der Waals surface area contributed by atoms with Gasteiger partial charge in [-0.3, -0.25) is 19.2 Å². The Bertz CT molecular complexity index is 1510. The molecule has 12 nitrogen and oxygen atoms in total. The van der Waals surface area contributed by atoms with Crippen molar-refractivity contribution in [1.29, 1.82) is 0 Å². The van der Waals surface area contributed by atoms with Gasteiger partial charge in [0.15, 0.2) is 11.5 Å². The summed E-state index contributed by atoms with van der Waals surface area (Å²) in [5.41, 5.74) is 4.67. The van der Waals surface area contributed by atoms with Gasteiger partial charge in [-0.1, -0.05) is 220 Å². The number of nitrogens with two attached hydrogens (primary N) is 1. The van der Waals surface area contributed by atoms with Crippen molar-refractivity contribution < 1.29 is 42.9 Å². The lowest BCUT2D eigenvalue weighted by molar-refractivity contribution is -0.155. The average molecular weight is 1040 g/mol. The van der Waals surface area contributed by atoms with Crippen molar-refractivity contribution in [2.45, 2.75) is 310 Å². The number of benzene rings is 1. The summed E-state index contributed by atoms with van der Waals surface area (Å²) in [5, 5.41) is 5.18. The van der Waals surface area contributed by atoms with Crippen molar-refractivity contribution in [3.63, 3.8) is 0 Å². The highest BCUT2D eigenvalue weighted by molar-refractivity contribution is 5.92. The molecular weight excluding hydrogens is 931 g/mol. The monoisotopic (exact) mass is 1040 g/mol. The molecule has 0 unspecified atom stereocenters. The number of nitrogens with one attached hydrogen (secondary N) is 2. The number of hydrogen-bond donors (Lipinski definition) is 3. The molecular formula is C62H113N3O9. The Labute approximate surface area is 453 Å². The molecule has 1 rings (SSSR count). The van der Waals surface area contributed by atoms with Crippen LogP contribution < -0.4 is 30.6 Å². The number of carbonyl (C=O) groups is 4. The van der Waals surface area contributed by atoms with Crippen LogP contribution in [0.1, 0.15) is 292 Å². The Morgan fingerprint density at radius 3 is 1.23 bits per heavy atom. The highest BCUT2D eigenvalue weighted by Gasteiger charge is 2.29. The van der Waals surface area contributed by atoms with Gasteiger partial charge < -0.3 is 40.1 Å². The van der Waals surface area contributed by atoms with E-state index < -0.39 is 47.5 Å². The first-order valence-corrected chi connectivity index (χ1v) is 30.4. The number of rotatable bonds is 50. The van der Waals surface area contributed by atoms with Crippen molar-refractivity contribution in [1.82, 2.24) is 10.6 Å². The minimum Gasteiger partial charge on any atom is -0.490 e. The van der Waals surface area contributed by atoms with Gasteiger partial charge in [0.05, 0.1) is 25.4 Å². The zero-order chi connectivity index (χ0) is 54.6. The molecule has 2 amide bonds. The summed E-state index contributed by atoms with van der Waals surface area (Å²) in [6.07, 6.45) is 43.3. The van der Waals surface area contributed by atoms with Crippen molar-refractivity contribution >= 4 is 23.8 Å². The Balaban J connectivity index is 2.88. The van der Waals surface area contributed by atoms with Crippen LogP contribution in [0.25, 0.3) is 0 Å². The standard InChI is InChI=1S/C62H113N3O9/c1-9-12-15-17-19-21-23-25-27-29-31-33-35-37-39-41-46-70-54-48-52(51-73-57(67)50-64-59(68)53(65-60(69)62(7,8)63)43-44-56(66)74-61(4,5)6)49-55(58(54)72-45-14-11-3)71-47-42-40-38-36-34-32-30-28-26-24-22-20-18-16-13-10-2/h48-49,53H,9-47,50-51,63H2,1-8H3,(H,64,68)(H,65,69)/t53-/m0/s1. The van der Waals surface area contributed by atoms with Crippen molar-refractivity contribution in [2.24, 2.45) is 5.73 Å². The molecule has 0 aromatic heterocycles. The van der Waals surface area contributed by atoms with E-state index in [9.17, 15) is 19.2 Å². The fraction of sp³-hybridized carbons (Fsp3) is 0.839. The third-order valence-corrected chi connectivity index (χ3v) is 13.4. The van der Waals surface area contributed by atoms with E-state index in [2.05, 4.69) is 31.4 Å². The van der Waals surface area contributed by atoms with Gasteiger partial charge in [0.2, 0.25) is 17.6 Å². The topological polar surface area (TPSA) is 165 Å². The van der Waals surface area contributed by atoms with Crippen LogP contribution in [-0.2, 0) is 35.3 Å². The van der Waals surface area contributed by atoms with Gasteiger partial charge in [-0.2, -0.15) is 0 Å². The van der Waals surface area contributed by atoms with Gasteiger partial charge in [-0.15, -0.1) is 0 Å². The fourth-order valence-electron chi connectivity index (χ4n) is 8.82. The van der Waals surface area contributed by atoms with E-state index in [0.29, 0.717) is 42.6 Å². The van der Waals surface area contributed by atoms with E-state index in [4.69, 9.17) is 29.4 Å². The first-order chi connectivity index (χ1) is 35.6. The lowest BCUT2D eigenvalue weighted by Gasteiger charge is -2.24. The molecule has 0 heterocycles. The Morgan fingerprint density at radius 2 is 0.865 bits per heavy atom. The third-order valence-electron chi connectivity index (χ3n) is 13.4. The normalized spacial score (nSPS) is 12.1. The Kier molecular flexibility index (Phi) is 41.2.